The van der Waals surface area contributed by atoms with Crippen molar-refractivity contribution in [3.8, 4) is 11.9 Å². The van der Waals surface area contributed by atoms with Crippen LogP contribution in [0.25, 0.3) is 6.08 Å². The third kappa shape index (κ3) is 5.18. The fourth-order valence-electron chi connectivity index (χ4n) is 3.92. The number of Topliss-reactive ketones (excluding diaryl/α,β-unsaturated/α-hetero) is 1. The van der Waals surface area contributed by atoms with Gasteiger partial charge in [0.2, 0.25) is 5.88 Å². The summed E-state index contributed by atoms with van der Waals surface area (Å²) in [6.07, 6.45) is 2.11. The van der Waals surface area contributed by atoms with Crippen LogP contribution in [0.3, 0.4) is 0 Å². The minimum Gasteiger partial charge on any atom is -0.494 e. The van der Waals surface area contributed by atoms with E-state index in [-0.39, 0.29) is 42.1 Å². The number of hydrogen-bond donors (Lipinski definition) is 1. The zero-order valence-corrected chi connectivity index (χ0v) is 21.7. The molecule has 0 bridgehead atoms. The van der Waals surface area contributed by atoms with E-state index >= 15 is 0 Å². The highest BCUT2D eigenvalue weighted by atomic mass is 32.2. The first kappa shape index (κ1) is 25.6. The lowest BCUT2D eigenvalue weighted by Gasteiger charge is -2.17. The molecule has 0 spiro atoms. The molecule has 0 saturated carbocycles. The van der Waals surface area contributed by atoms with Crippen LogP contribution in [0.15, 0.2) is 57.5 Å². The van der Waals surface area contributed by atoms with Gasteiger partial charge in [-0.1, -0.05) is 60.4 Å². The van der Waals surface area contributed by atoms with Gasteiger partial charge < -0.3 is 5.11 Å². The van der Waals surface area contributed by atoms with Crippen molar-refractivity contribution in [2.45, 2.75) is 26.3 Å². The third-order valence-electron chi connectivity index (χ3n) is 5.74. The first-order valence-corrected chi connectivity index (χ1v) is 13.1. The summed E-state index contributed by atoms with van der Waals surface area (Å²) in [7, 11) is 0. The monoisotopic (exact) mass is 535 g/mol. The summed E-state index contributed by atoms with van der Waals surface area (Å²) in [5, 5.41) is 22.4. The molecule has 3 aromatic rings. The Hall–Kier alpha value is -3.52. The third-order valence-corrected chi connectivity index (χ3v) is 7.94. The van der Waals surface area contributed by atoms with Crippen molar-refractivity contribution < 1.29 is 14.7 Å². The zero-order valence-electron chi connectivity index (χ0n) is 19.3. The van der Waals surface area contributed by atoms with E-state index in [2.05, 4.69) is 0 Å². The van der Waals surface area contributed by atoms with Crippen molar-refractivity contribution in [2.75, 3.05) is 6.54 Å². The second-order valence-corrected chi connectivity index (χ2v) is 10.7. The van der Waals surface area contributed by atoms with Gasteiger partial charge in [-0.05, 0) is 42.0 Å². The first-order chi connectivity index (χ1) is 17.3. The van der Waals surface area contributed by atoms with Gasteiger partial charge in [-0.3, -0.25) is 23.9 Å². The van der Waals surface area contributed by atoms with Gasteiger partial charge in [0.1, 0.15) is 16.0 Å². The predicted octanol–water partition coefficient (Wildman–Crippen LogP) is 4.71. The SMILES string of the molecule is Cc1c(C(=O)CCCN2C(=O)/C(=C/c3cccs3)SC2=S)c(O)n(Cc2ccccc2)c(=O)c1C#N. The van der Waals surface area contributed by atoms with Crippen LogP contribution in [0.5, 0.6) is 5.88 Å². The minimum atomic E-state index is -0.650. The molecule has 0 radical (unpaired) electrons. The first-order valence-electron chi connectivity index (χ1n) is 11.0. The van der Waals surface area contributed by atoms with Crippen molar-refractivity contribution in [2.24, 2.45) is 0 Å². The predicted molar refractivity (Wildman–Crippen MR) is 145 cm³/mol. The number of nitrogens with zero attached hydrogens (tertiary/aromatic N) is 3. The van der Waals surface area contributed by atoms with E-state index < -0.39 is 17.2 Å². The molecule has 10 heteroatoms. The van der Waals surface area contributed by atoms with Crippen LogP contribution in [0.2, 0.25) is 0 Å². The number of ketones is 1. The topological polar surface area (TPSA) is 103 Å². The van der Waals surface area contributed by atoms with Crippen molar-refractivity contribution in [1.29, 1.82) is 5.26 Å². The number of benzene rings is 1. The maximum Gasteiger partial charge on any atom is 0.271 e. The summed E-state index contributed by atoms with van der Waals surface area (Å²) in [4.78, 5) is 41.7. The molecule has 1 amide bonds. The summed E-state index contributed by atoms with van der Waals surface area (Å²) >= 11 is 8.11. The number of aromatic nitrogens is 1. The Kier molecular flexibility index (Phi) is 7.84. The molecule has 1 aromatic carbocycles. The quantitative estimate of drug-likeness (QED) is 0.253. The van der Waals surface area contributed by atoms with Gasteiger partial charge in [0.05, 0.1) is 17.0 Å². The standard InChI is InChI=1S/C26H21N3O4S3/c1-16-19(14-27)23(31)29(15-17-7-3-2-4-8-17)25(33)22(16)20(30)10-5-11-28-24(32)21(36-26(28)34)13-18-9-6-12-35-18/h2-4,6-9,12-13,33H,5,10-11,15H2,1H3/b21-13-. The number of thiocarbonyl (C=S) groups is 1. The number of amides is 1. The van der Waals surface area contributed by atoms with Gasteiger partial charge in [-0.15, -0.1) is 11.3 Å². The van der Waals surface area contributed by atoms with Gasteiger partial charge in [-0.2, -0.15) is 5.26 Å². The highest BCUT2D eigenvalue weighted by Crippen LogP contribution is 2.33. The second kappa shape index (κ2) is 11.0. The Morgan fingerprint density at radius 3 is 2.61 bits per heavy atom. The Morgan fingerprint density at radius 2 is 1.94 bits per heavy atom. The fourth-order valence-corrected chi connectivity index (χ4v) is 5.95. The Balaban J connectivity index is 1.51. The lowest BCUT2D eigenvalue weighted by atomic mass is 9.99. The minimum absolute atomic E-state index is 0.00381. The Bertz CT molecular complexity index is 1470. The maximum atomic E-state index is 13.1. The molecule has 1 fully saturated rings. The molecule has 1 aliphatic rings. The number of pyridine rings is 1. The number of carbonyl (C=O) groups excluding carboxylic acids is 2. The van der Waals surface area contributed by atoms with E-state index in [1.807, 2.05) is 29.6 Å². The normalized spacial score (nSPS) is 14.4. The van der Waals surface area contributed by atoms with Crippen LogP contribution in [0.1, 0.15) is 44.8 Å². The number of aromatic hydroxyl groups is 1. The van der Waals surface area contributed by atoms with Crippen molar-refractivity contribution in [3.05, 3.63) is 90.2 Å². The summed E-state index contributed by atoms with van der Waals surface area (Å²) in [6, 6.07) is 14.7. The second-order valence-electron chi connectivity index (χ2n) is 8.06. The van der Waals surface area contributed by atoms with E-state index in [4.69, 9.17) is 12.2 Å². The maximum absolute atomic E-state index is 13.1. The van der Waals surface area contributed by atoms with Crippen LogP contribution in [-0.2, 0) is 11.3 Å². The van der Waals surface area contributed by atoms with Gasteiger partial charge >= 0.3 is 0 Å². The number of nitriles is 1. The summed E-state index contributed by atoms with van der Waals surface area (Å²) in [5.74, 6) is -1.08. The van der Waals surface area contributed by atoms with Gasteiger partial charge in [0, 0.05) is 17.8 Å². The molecule has 3 heterocycles. The van der Waals surface area contributed by atoms with Gasteiger partial charge in [0.25, 0.3) is 11.5 Å². The molecule has 7 nitrogen and oxygen atoms in total. The van der Waals surface area contributed by atoms with E-state index in [1.54, 1.807) is 30.3 Å². The Morgan fingerprint density at radius 1 is 1.19 bits per heavy atom. The van der Waals surface area contributed by atoms with Gasteiger partial charge in [-0.25, -0.2) is 0 Å². The van der Waals surface area contributed by atoms with E-state index in [0.717, 1.165) is 15.0 Å². The summed E-state index contributed by atoms with van der Waals surface area (Å²) in [6.45, 7) is 1.75. The van der Waals surface area contributed by atoms with Crippen LogP contribution in [0, 0.1) is 18.3 Å². The molecule has 36 heavy (non-hydrogen) atoms. The summed E-state index contributed by atoms with van der Waals surface area (Å²) < 4.78 is 1.48. The highest BCUT2D eigenvalue weighted by Gasteiger charge is 2.32. The number of thioether (sulfide) groups is 1. The molecule has 1 saturated heterocycles. The lowest BCUT2D eigenvalue weighted by Crippen LogP contribution is -2.30. The number of thiophene rings is 1. The fraction of sp³-hybridized carbons (Fsp3) is 0.192. The van der Waals surface area contributed by atoms with Crippen molar-refractivity contribution >= 4 is 57.4 Å². The molecule has 0 aliphatic carbocycles. The van der Waals surface area contributed by atoms with E-state index in [0.29, 0.717) is 15.6 Å². The largest absolute Gasteiger partial charge is 0.494 e. The lowest BCUT2D eigenvalue weighted by molar-refractivity contribution is -0.122. The zero-order chi connectivity index (χ0) is 25.8. The molecule has 4 rings (SSSR count). The van der Waals surface area contributed by atoms with Crippen molar-refractivity contribution in [1.82, 2.24) is 9.47 Å². The van der Waals surface area contributed by atoms with E-state index in [1.165, 1.54) is 34.9 Å². The summed E-state index contributed by atoms with van der Waals surface area (Å²) in [5.41, 5.74) is 0.0145. The van der Waals surface area contributed by atoms with Crippen LogP contribution in [-0.4, -0.2) is 37.1 Å². The average Bonchev–Trinajstić information content (AvgIpc) is 3.46. The van der Waals surface area contributed by atoms with Crippen LogP contribution < -0.4 is 5.56 Å². The van der Waals surface area contributed by atoms with E-state index in [9.17, 15) is 24.8 Å². The molecule has 0 atom stereocenters. The Labute approximate surface area is 221 Å². The molecule has 0 unspecified atom stereocenters. The highest BCUT2D eigenvalue weighted by molar-refractivity contribution is 8.26. The smallest absolute Gasteiger partial charge is 0.271 e. The van der Waals surface area contributed by atoms with Crippen LogP contribution >= 0.6 is 35.3 Å². The number of rotatable bonds is 8. The molecule has 1 aliphatic heterocycles. The van der Waals surface area contributed by atoms with Crippen LogP contribution in [0.4, 0.5) is 0 Å². The average molecular weight is 536 g/mol. The molecule has 182 valence electrons. The molecule has 2 aromatic heterocycles. The van der Waals surface area contributed by atoms with Gasteiger partial charge in [0.15, 0.2) is 5.78 Å². The molecular weight excluding hydrogens is 515 g/mol. The molecular formula is C26H21N3O4S3. The van der Waals surface area contributed by atoms with Crippen molar-refractivity contribution in [3.63, 3.8) is 0 Å². The molecule has 1 N–H and O–H groups in total. The number of hydrogen-bond acceptors (Lipinski definition) is 8. The number of carbonyl (C=O) groups is 2.